The van der Waals surface area contributed by atoms with Crippen molar-refractivity contribution in [3.63, 3.8) is 0 Å². The Morgan fingerprint density at radius 2 is 1.49 bits per heavy atom. The lowest BCUT2D eigenvalue weighted by Crippen LogP contribution is -2.53. The van der Waals surface area contributed by atoms with Gasteiger partial charge < -0.3 is 24.6 Å². The quantitative estimate of drug-likeness (QED) is 0.397. The Bertz CT molecular complexity index is 1240. The number of nitrogens with zero attached hydrogens (tertiary/aromatic N) is 1. The molecule has 3 aromatic rings. The highest BCUT2D eigenvalue weighted by Gasteiger charge is 2.54. The van der Waals surface area contributed by atoms with E-state index in [0.717, 1.165) is 11.1 Å². The fourth-order valence-electron chi connectivity index (χ4n) is 4.61. The van der Waals surface area contributed by atoms with Crippen LogP contribution in [0.3, 0.4) is 0 Å². The Morgan fingerprint density at radius 1 is 0.811 bits per heavy atom. The number of amides is 1. The van der Waals surface area contributed by atoms with E-state index in [4.69, 9.17) is 9.47 Å². The summed E-state index contributed by atoms with van der Waals surface area (Å²) < 4.78 is 11.1. The maximum absolute atomic E-state index is 13.5. The van der Waals surface area contributed by atoms with Gasteiger partial charge in [0.25, 0.3) is 0 Å². The molecule has 3 atom stereocenters. The standard InChI is InChI=1S/C29H29NO7/c1-36-23-9-5-6-19(16-23)14-15-30(27(31)24-17-25(28(32)33)26(24)29(34)35)18-20-10-12-22(13-11-20)37-21-7-3-2-4-8-21/h2-13,16,24-26H,14-15,17-18H2,1H3,(H,32,33)(H,34,35). The molecule has 1 aliphatic rings. The maximum Gasteiger partial charge on any atom is 0.308 e. The van der Waals surface area contributed by atoms with E-state index in [2.05, 4.69) is 0 Å². The number of carbonyl (C=O) groups is 3. The molecule has 0 saturated heterocycles. The van der Waals surface area contributed by atoms with Gasteiger partial charge >= 0.3 is 11.9 Å². The molecule has 1 fully saturated rings. The average Bonchev–Trinajstić information content (AvgIpc) is 2.87. The van der Waals surface area contributed by atoms with Gasteiger partial charge in [0.05, 0.1) is 24.9 Å². The van der Waals surface area contributed by atoms with Crippen molar-refractivity contribution in [2.75, 3.05) is 13.7 Å². The molecule has 0 spiro atoms. The molecule has 8 heteroatoms. The molecule has 37 heavy (non-hydrogen) atoms. The first-order valence-electron chi connectivity index (χ1n) is 12.0. The largest absolute Gasteiger partial charge is 0.497 e. The van der Waals surface area contributed by atoms with E-state index in [9.17, 15) is 24.6 Å². The van der Waals surface area contributed by atoms with Crippen LogP contribution in [-0.2, 0) is 27.3 Å². The van der Waals surface area contributed by atoms with E-state index in [1.54, 1.807) is 12.0 Å². The van der Waals surface area contributed by atoms with Crippen LogP contribution in [0.15, 0.2) is 78.9 Å². The number of hydrogen-bond acceptors (Lipinski definition) is 5. The smallest absolute Gasteiger partial charge is 0.308 e. The van der Waals surface area contributed by atoms with Crippen LogP contribution in [-0.4, -0.2) is 46.6 Å². The Kier molecular flexibility index (Phi) is 8.08. The summed E-state index contributed by atoms with van der Waals surface area (Å²) in [5.41, 5.74) is 1.82. The molecule has 0 bridgehead atoms. The molecule has 192 valence electrons. The summed E-state index contributed by atoms with van der Waals surface area (Å²) in [6, 6.07) is 24.3. The predicted octanol–water partition coefficient (Wildman–Crippen LogP) is 4.48. The second-order valence-corrected chi connectivity index (χ2v) is 9.07. The predicted molar refractivity (Wildman–Crippen MR) is 135 cm³/mol. The molecular formula is C29H29NO7. The summed E-state index contributed by atoms with van der Waals surface area (Å²) in [5, 5.41) is 18.9. The first-order valence-corrected chi connectivity index (χ1v) is 12.0. The van der Waals surface area contributed by atoms with Crippen LogP contribution >= 0.6 is 0 Å². The lowest BCUT2D eigenvalue weighted by molar-refractivity contribution is -0.172. The number of ether oxygens (including phenoxy) is 2. The number of carboxylic acids is 2. The van der Waals surface area contributed by atoms with Crippen LogP contribution in [0.25, 0.3) is 0 Å². The molecule has 0 aliphatic heterocycles. The van der Waals surface area contributed by atoms with E-state index in [1.165, 1.54) is 0 Å². The summed E-state index contributed by atoms with van der Waals surface area (Å²) in [6.07, 6.45) is 0.551. The second kappa shape index (κ2) is 11.6. The minimum absolute atomic E-state index is 0.0185. The molecule has 0 aromatic heterocycles. The van der Waals surface area contributed by atoms with Crippen molar-refractivity contribution in [3.8, 4) is 17.2 Å². The summed E-state index contributed by atoms with van der Waals surface area (Å²) in [6.45, 7) is 0.601. The molecule has 1 saturated carbocycles. The summed E-state index contributed by atoms with van der Waals surface area (Å²) in [4.78, 5) is 38.3. The van der Waals surface area contributed by atoms with Gasteiger partial charge in [-0.25, -0.2) is 0 Å². The van der Waals surface area contributed by atoms with E-state index >= 15 is 0 Å². The fraction of sp³-hybridized carbons (Fsp3) is 0.276. The normalized spacial score (nSPS) is 18.4. The van der Waals surface area contributed by atoms with Crippen molar-refractivity contribution in [1.29, 1.82) is 0 Å². The highest BCUT2D eigenvalue weighted by atomic mass is 16.5. The van der Waals surface area contributed by atoms with Gasteiger partial charge in [-0.1, -0.05) is 42.5 Å². The number of carbonyl (C=O) groups excluding carboxylic acids is 1. The number of benzene rings is 3. The SMILES string of the molecule is COc1cccc(CCN(Cc2ccc(Oc3ccccc3)cc2)C(=O)C2CC(C(=O)O)C2C(=O)O)c1. The molecule has 3 unspecified atom stereocenters. The van der Waals surface area contributed by atoms with Crippen molar-refractivity contribution in [1.82, 2.24) is 4.90 Å². The van der Waals surface area contributed by atoms with Crippen molar-refractivity contribution < 1.29 is 34.1 Å². The summed E-state index contributed by atoms with van der Waals surface area (Å²) >= 11 is 0. The van der Waals surface area contributed by atoms with Gasteiger partial charge in [-0.15, -0.1) is 0 Å². The number of para-hydroxylation sites is 1. The maximum atomic E-state index is 13.5. The molecule has 4 rings (SSSR count). The fourth-order valence-corrected chi connectivity index (χ4v) is 4.61. The minimum atomic E-state index is -1.26. The van der Waals surface area contributed by atoms with Gasteiger partial charge in [-0.3, -0.25) is 14.4 Å². The first-order chi connectivity index (χ1) is 17.9. The zero-order chi connectivity index (χ0) is 26.4. The van der Waals surface area contributed by atoms with Gasteiger partial charge in [-0.05, 0) is 60.4 Å². The molecule has 0 radical (unpaired) electrons. The minimum Gasteiger partial charge on any atom is -0.497 e. The van der Waals surface area contributed by atoms with Gasteiger partial charge in [0, 0.05) is 13.1 Å². The highest BCUT2D eigenvalue weighted by Crippen LogP contribution is 2.42. The number of methoxy groups -OCH3 is 1. The van der Waals surface area contributed by atoms with Crippen LogP contribution in [0.4, 0.5) is 0 Å². The van der Waals surface area contributed by atoms with Crippen molar-refractivity contribution in [2.24, 2.45) is 17.8 Å². The molecular weight excluding hydrogens is 474 g/mol. The number of hydrogen-bond donors (Lipinski definition) is 2. The first kappa shape index (κ1) is 25.8. The molecule has 2 N–H and O–H groups in total. The van der Waals surface area contributed by atoms with Crippen molar-refractivity contribution >= 4 is 17.8 Å². The van der Waals surface area contributed by atoms with Crippen LogP contribution in [0.5, 0.6) is 17.2 Å². The molecule has 0 heterocycles. The van der Waals surface area contributed by atoms with Gasteiger partial charge in [0.1, 0.15) is 17.2 Å². The highest BCUT2D eigenvalue weighted by molar-refractivity contribution is 5.91. The van der Waals surface area contributed by atoms with Gasteiger partial charge in [0.2, 0.25) is 5.91 Å². The Balaban J connectivity index is 1.50. The van der Waals surface area contributed by atoms with Crippen molar-refractivity contribution in [3.05, 3.63) is 90.0 Å². The van der Waals surface area contributed by atoms with Gasteiger partial charge in [0.15, 0.2) is 0 Å². The third-order valence-electron chi connectivity index (χ3n) is 6.69. The number of rotatable bonds is 11. The molecule has 8 nitrogen and oxygen atoms in total. The average molecular weight is 504 g/mol. The Labute approximate surface area is 215 Å². The lowest BCUT2D eigenvalue weighted by atomic mass is 9.64. The monoisotopic (exact) mass is 503 g/mol. The van der Waals surface area contributed by atoms with E-state index in [0.29, 0.717) is 30.2 Å². The Morgan fingerprint density at radius 3 is 2.14 bits per heavy atom. The van der Waals surface area contributed by atoms with Gasteiger partial charge in [-0.2, -0.15) is 0 Å². The summed E-state index contributed by atoms with van der Waals surface area (Å²) in [7, 11) is 1.58. The van der Waals surface area contributed by atoms with Crippen LogP contribution in [0.1, 0.15) is 17.5 Å². The van der Waals surface area contributed by atoms with Crippen molar-refractivity contribution in [2.45, 2.75) is 19.4 Å². The van der Waals surface area contributed by atoms with Crippen LogP contribution < -0.4 is 9.47 Å². The zero-order valence-corrected chi connectivity index (χ0v) is 20.4. The molecule has 3 aromatic carbocycles. The topological polar surface area (TPSA) is 113 Å². The summed E-state index contributed by atoms with van der Waals surface area (Å²) in [5.74, 6) is -3.88. The van der Waals surface area contributed by atoms with Crippen LogP contribution in [0.2, 0.25) is 0 Å². The number of carboxylic acid groups (broad SMARTS) is 2. The van der Waals surface area contributed by atoms with Crippen LogP contribution in [0, 0.1) is 17.8 Å². The third kappa shape index (κ3) is 6.27. The Hall–Kier alpha value is -4.33. The van der Waals surface area contributed by atoms with E-state index in [-0.39, 0.29) is 18.9 Å². The second-order valence-electron chi connectivity index (χ2n) is 9.07. The van der Waals surface area contributed by atoms with E-state index < -0.39 is 29.7 Å². The number of aliphatic carboxylic acids is 2. The van der Waals surface area contributed by atoms with E-state index in [1.807, 2.05) is 78.9 Å². The molecule has 1 aliphatic carbocycles. The lowest BCUT2D eigenvalue weighted by Gasteiger charge is -2.41. The zero-order valence-electron chi connectivity index (χ0n) is 20.4. The third-order valence-corrected chi connectivity index (χ3v) is 6.69. The molecule has 1 amide bonds.